The average molecular weight is 359 g/mol. The second kappa shape index (κ2) is 9.10. The molecule has 0 amide bonds. The van der Waals surface area contributed by atoms with Crippen LogP contribution in [0, 0.1) is 0 Å². The SMILES string of the molecule is O=C(O)C(O)C(O)C(=O)O.c1ccc(C2NCCc3ccccc32)cc1. The zero-order valence-corrected chi connectivity index (χ0v) is 13.9. The Bertz CT molecular complexity index is 731. The molecule has 2 aromatic rings. The van der Waals surface area contributed by atoms with Gasteiger partial charge in [0.05, 0.1) is 6.04 Å². The third kappa shape index (κ3) is 4.89. The molecule has 3 rings (SSSR count). The molecule has 0 aromatic heterocycles. The molecule has 1 aliphatic heterocycles. The van der Waals surface area contributed by atoms with E-state index in [0.717, 1.165) is 13.0 Å². The van der Waals surface area contributed by atoms with Crippen LogP contribution in [0.4, 0.5) is 0 Å². The van der Waals surface area contributed by atoms with E-state index in [1.165, 1.54) is 16.7 Å². The van der Waals surface area contributed by atoms with E-state index < -0.39 is 24.1 Å². The van der Waals surface area contributed by atoms with Crippen molar-refractivity contribution in [3.05, 3.63) is 71.3 Å². The van der Waals surface area contributed by atoms with Gasteiger partial charge in [-0.3, -0.25) is 0 Å². The van der Waals surface area contributed by atoms with Crippen molar-refractivity contribution in [3.8, 4) is 0 Å². The van der Waals surface area contributed by atoms with Gasteiger partial charge in [0.25, 0.3) is 0 Å². The van der Waals surface area contributed by atoms with Gasteiger partial charge in [-0.05, 0) is 23.1 Å². The number of rotatable bonds is 4. The fourth-order valence-electron chi connectivity index (χ4n) is 2.72. The Balaban J connectivity index is 0.000000213. The van der Waals surface area contributed by atoms with E-state index in [2.05, 4.69) is 59.9 Å². The second-order valence-electron chi connectivity index (χ2n) is 5.81. The zero-order chi connectivity index (χ0) is 19.1. The van der Waals surface area contributed by atoms with Crippen LogP contribution in [0.2, 0.25) is 0 Å². The van der Waals surface area contributed by atoms with Crippen LogP contribution in [0.15, 0.2) is 54.6 Å². The largest absolute Gasteiger partial charge is 0.479 e. The molecular weight excluding hydrogens is 338 g/mol. The van der Waals surface area contributed by atoms with Gasteiger partial charge in [0, 0.05) is 6.54 Å². The molecule has 138 valence electrons. The summed E-state index contributed by atoms with van der Waals surface area (Å²) < 4.78 is 0. The lowest BCUT2D eigenvalue weighted by molar-refractivity contribution is -0.165. The van der Waals surface area contributed by atoms with Gasteiger partial charge in [-0.15, -0.1) is 0 Å². The molecule has 7 nitrogen and oxygen atoms in total. The van der Waals surface area contributed by atoms with Crippen LogP contribution in [0.5, 0.6) is 0 Å². The number of fused-ring (bicyclic) bond motifs is 1. The summed E-state index contributed by atoms with van der Waals surface area (Å²) in [4.78, 5) is 19.5. The first-order valence-electron chi connectivity index (χ1n) is 8.09. The van der Waals surface area contributed by atoms with Gasteiger partial charge in [-0.25, -0.2) is 9.59 Å². The van der Waals surface area contributed by atoms with E-state index in [1.807, 2.05) is 0 Å². The summed E-state index contributed by atoms with van der Waals surface area (Å²) in [5.74, 6) is -3.54. The van der Waals surface area contributed by atoms with Crippen molar-refractivity contribution in [2.24, 2.45) is 0 Å². The Morgan fingerprint density at radius 3 is 2.00 bits per heavy atom. The Morgan fingerprint density at radius 1 is 0.885 bits per heavy atom. The summed E-state index contributed by atoms with van der Waals surface area (Å²) in [6.45, 7) is 1.07. The van der Waals surface area contributed by atoms with Crippen LogP contribution in [0.3, 0.4) is 0 Å². The lowest BCUT2D eigenvalue weighted by Crippen LogP contribution is -2.39. The first-order valence-corrected chi connectivity index (χ1v) is 8.09. The van der Waals surface area contributed by atoms with Crippen molar-refractivity contribution < 1.29 is 30.0 Å². The molecule has 0 saturated carbocycles. The minimum absolute atomic E-state index is 0.367. The van der Waals surface area contributed by atoms with Crippen LogP contribution < -0.4 is 5.32 Å². The minimum atomic E-state index is -2.27. The van der Waals surface area contributed by atoms with E-state index in [1.54, 1.807) is 0 Å². The number of nitrogens with one attached hydrogen (secondary N) is 1. The highest BCUT2D eigenvalue weighted by molar-refractivity contribution is 5.83. The van der Waals surface area contributed by atoms with E-state index in [9.17, 15) is 9.59 Å². The Kier molecular flexibility index (Phi) is 6.85. The predicted octanol–water partition coefficient (Wildman–Crippen LogP) is 0.799. The molecule has 0 saturated heterocycles. The van der Waals surface area contributed by atoms with Crippen LogP contribution >= 0.6 is 0 Å². The molecule has 3 atom stereocenters. The number of carboxylic acids is 2. The maximum atomic E-state index is 9.77. The third-order valence-electron chi connectivity index (χ3n) is 4.05. The summed E-state index contributed by atoms with van der Waals surface area (Å²) in [6.07, 6.45) is -3.39. The van der Waals surface area contributed by atoms with Crippen molar-refractivity contribution in [1.82, 2.24) is 5.32 Å². The summed E-state index contributed by atoms with van der Waals surface area (Å²) >= 11 is 0. The molecule has 26 heavy (non-hydrogen) atoms. The maximum absolute atomic E-state index is 9.77. The molecule has 0 radical (unpaired) electrons. The second-order valence-corrected chi connectivity index (χ2v) is 5.81. The molecular formula is C19H21NO6. The fraction of sp³-hybridized carbons (Fsp3) is 0.263. The average Bonchev–Trinajstić information content (AvgIpc) is 2.67. The Hall–Kier alpha value is -2.74. The summed E-state index contributed by atoms with van der Waals surface area (Å²) in [7, 11) is 0. The van der Waals surface area contributed by atoms with Gasteiger partial charge in [0.15, 0.2) is 12.2 Å². The molecule has 5 N–H and O–H groups in total. The summed E-state index contributed by atoms with van der Waals surface area (Å²) in [6, 6.07) is 19.8. The highest BCUT2D eigenvalue weighted by Gasteiger charge is 2.29. The number of hydrogen-bond acceptors (Lipinski definition) is 5. The van der Waals surface area contributed by atoms with Gasteiger partial charge in [-0.2, -0.15) is 0 Å². The van der Waals surface area contributed by atoms with E-state index >= 15 is 0 Å². The van der Waals surface area contributed by atoms with Crippen LogP contribution in [-0.4, -0.2) is 51.1 Å². The van der Waals surface area contributed by atoms with Crippen molar-refractivity contribution in [3.63, 3.8) is 0 Å². The third-order valence-corrected chi connectivity index (χ3v) is 4.05. The normalized spacial score (nSPS) is 17.8. The van der Waals surface area contributed by atoms with Gasteiger partial charge < -0.3 is 25.7 Å². The number of aliphatic hydroxyl groups excluding tert-OH is 2. The molecule has 0 spiro atoms. The van der Waals surface area contributed by atoms with Crippen LogP contribution in [0.25, 0.3) is 0 Å². The molecule has 3 unspecified atom stereocenters. The lowest BCUT2D eigenvalue weighted by atomic mass is 9.90. The van der Waals surface area contributed by atoms with Gasteiger partial charge in [0.2, 0.25) is 0 Å². The molecule has 2 aromatic carbocycles. The molecule has 0 bridgehead atoms. The van der Waals surface area contributed by atoms with Gasteiger partial charge in [0.1, 0.15) is 0 Å². The maximum Gasteiger partial charge on any atom is 0.335 e. The molecule has 0 fully saturated rings. The molecule has 0 aliphatic carbocycles. The number of hydrogen-bond donors (Lipinski definition) is 5. The fourth-order valence-corrected chi connectivity index (χ4v) is 2.72. The minimum Gasteiger partial charge on any atom is -0.479 e. The highest BCUT2D eigenvalue weighted by atomic mass is 16.4. The van der Waals surface area contributed by atoms with Gasteiger partial charge in [-0.1, -0.05) is 54.6 Å². The monoisotopic (exact) mass is 359 g/mol. The first kappa shape index (κ1) is 19.6. The standard InChI is InChI=1S/C15H15N.C4H6O6/c1-2-7-13(8-3-1)15-14-9-5-4-6-12(14)10-11-16-15;5-1(3(7)8)2(6)4(9)10/h1-9,15-16H,10-11H2;1-2,5-6H,(H,7,8)(H,9,10). The number of aliphatic carboxylic acids is 2. The Morgan fingerprint density at radius 2 is 1.42 bits per heavy atom. The van der Waals surface area contributed by atoms with Crippen molar-refractivity contribution >= 4 is 11.9 Å². The molecule has 1 heterocycles. The Labute approximate surface area is 150 Å². The highest BCUT2D eigenvalue weighted by Crippen LogP contribution is 2.28. The van der Waals surface area contributed by atoms with Crippen molar-refractivity contribution in [2.45, 2.75) is 24.7 Å². The van der Waals surface area contributed by atoms with E-state index in [-0.39, 0.29) is 0 Å². The number of benzene rings is 2. The van der Waals surface area contributed by atoms with E-state index in [4.69, 9.17) is 20.4 Å². The van der Waals surface area contributed by atoms with E-state index in [0.29, 0.717) is 6.04 Å². The van der Waals surface area contributed by atoms with Crippen LogP contribution in [-0.2, 0) is 16.0 Å². The topological polar surface area (TPSA) is 127 Å². The lowest BCUT2D eigenvalue weighted by Gasteiger charge is -2.27. The first-order chi connectivity index (χ1) is 12.4. The number of carboxylic acid groups (broad SMARTS) is 2. The molecule has 7 heteroatoms. The van der Waals surface area contributed by atoms with Crippen molar-refractivity contribution in [2.75, 3.05) is 6.54 Å². The van der Waals surface area contributed by atoms with Crippen molar-refractivity contribution in [1.29, 1.82) is 0 Å². The predicted molar refractivity (Wildman–Crippen MR) is 93.7 cm³/mol. The summed E-state index contributed by atoms with van der Waals surface area (Å²) in [5.41, 5.74) is 4.27. The number of carbonyl (C=O) groups is 2. The summed E-state index contributed by atoms with van der Waals surface area (Å²) in [5, 5.41) is 36.1. The quantitative estimate of drug-likeness (QED) is 0.546. The molecule has 1 aliphatic rings. The number of aliphatic hydroxyl groups is 2. The van der Waals surface area contributed by atoms with Crippen LogP contribution in [0.1, 0.15) is 22.7 Å². The zero-order valence-electron chi connectivity index (χ0n) is 13.9. The smallest absolute Gasteiger partial charge is 0.335 e. The van der Waals surface area contributed by atoms with Gasteiger partial charge >= 0.3 is 11.9 Å².